The maximum absolute atomic E-state index is 9.06. The third-order valence-corrected chi connectivity index (χ3v) is 3.64. The maximum Gasteiger partial charge on any atom is 0.143 e. The summed E-state index contributed by atoms with van der Waals surface area (Å²) in [5.74, 6) is -0.154. The Morgan fingerprint density at radius 1 is 1.53 bits per heavy atom. The van der Waals surface area contributed by atoms with Gasteiger partial charge in [0.2, 0.25) is 0 Å². The Hall–Kier alpha value is -1.52. The van der Waals surface area contributed by atoms with Gasteiger partial charge in [-0.1, -0.05) is 0 Å². The molecule has 3 aliphatic heterocycles. The minimum atomic E-state index is -0.283. The van der Waals surface area contributed by atoms with Crippen LogP contribution in [0.15, 0.2) is 11.8 Å². The average Bonchev–Trinajstić information content (AvgIpc) is 2.80. The van der Waals surface area contributed by atoms with Crippen LogP contribution in [0.4, 0.5) is 0 Å². The van der Waals surface area contributed by atoms with Crippen LogP contribution in [0.3, 0.4) is 0 Å². The number of rotatable bonds is 0. The Balaban J connectivity index is 2.06. The van der Waals surface area contributed by atoms with Crippen molar-refractivity contribution in [1.29, 1.82) is 10.5 Å². The molecule has 76 valence electrons. The molecule has 2 fully saturated rings. The minimum Gasteiger partial charge on any atom is -0.349 e. The van der Waals surface area contributed by atoms with E-state index < -0.39 is 0 Å². The first-order valence-electron chi connectivity index (χ1n) is 5.25. The number of hydrogen-bond donors (Lipinski definition) is 0. The van der Waals surface area contributed by atoms with E-state index in [9.17, 15) is 0 Å². The van der Waals surface area contributed by atoms with Crippen LogP contribution >= 0.6 is 0 Å². The van der Waals surface area contributed by atoms with Crippen LogP contribution < -0.4 is 0 Å². The number of ether oxygens (including phenoxy) is 1. The topological polar surface area (TPSA) is 60.0 Å². The maximum atomic E-state index is 9.06. The van der Waals surface area contributed by atoms with E-state index in [0.29, 0.717) is 5.57 Å². The van der Waals surface area contributed by atoms with Gasteiger partial charge in [-0.15, -0.1) is 0 Å². The molecule has 0 unspecified atom stereocenters. The number of nitriles is 2. The molecule has 0 radical (unpaired) electrons. The lowest BCUT2D eigenvalue weighted by Gasteiger charge is -2.37. The zero-order valence-electron chi connectivity index (χ0n) is 8.31. The Morgan fingerprint density at radius 3 is 3.13 bits per heavy atom. The first-order valence-corrected chi connectivity index (χ1v) is 5.25. The summed E-state index contributed by atoms with van der Waals surface area (Å²) in [5, 5.41) is 18.1. The van der Waals surface area contributed by atoms with E-state index in [1.54, 1.807) is 0 Å². The smallest absolute Gasteiger partial charge is 0.143 e. The quantitative estimate of drug-likeness (QED) is 0.589. The predicted molar refractivity (Wildman–Crippen MR) is 51.0 cm³/mol. The Labute approximate surface area is 88.3 Å². The van der Waals surface area contributed by atoms with Crippen molar-refractivity contribution in [3.05, 3.63) is 11.8 Å². The van der Waals surface area contributed by atoms with Crippen molar-refractivity contribution in [3.63, 3.8) is 0 Å². The van der Waals surface area contributed by atoms with Gasteiger partial charge in [0.05, 0.1) is 23.6 Å². The lowest BCUT2D eigenvalue weighted by atomic mass is 9.95. The van der Waals surface area contributed by atoms with Crippen molar-refractivity contribution >= 4 is 0 Å². The fourth-order valence-electron chi connectivity index (χ4n) is 2.95. The molecule has 0 aliphatic carbocycles. The molecule has 0 N–H and O–H groups in total. The highest BCUT2D eigenvalue weighted by Crippen LogP contribution is 2.49. The second-order valence-electron chi connectivity index (χ2n) is 4.42. The molecular formula is C11H11N3O. The Morgan fingerprint density at radius 2 is 2.40 bits per heavy atom. The van der Waals surface area contributed by atoms with Crippen molar-refractivity contribution in [2.75, 3.05) is 6.54 Å². The molecule has 0 amide bonds. The fraction of sp³-hybridized carbons (Fsp3) is 0.636. The molecule has 2 saturated heterocycles. The van der Waals surface area contributed by atoms with Gasteiger partial charge in [0.15, 0.2) is 0 Å². The Bertz CT molecular complexity index is 417. The summed E-state index contributed by atoms with van der Waals surface area (Å²) in [6.07, 6.45) is 4.43. The van der Waals surface area contributed by atoms with Gasteiger partial charge >= 0.3 is 0 Å². The second kappa shape index (κ2) is 2.74. The van der Waals surface area contributed by atoms with Crippen LogP contribution in [0.1, 0.15) is 19.3 Å². The standard InChI is InChI=1S/C11H11N3O/c12-5-8-4-11-2-1-3-14(11)7-9(6-13)10(8)15-11/h7-8,10H,1-4H2/t8-,10-,11+/m1/s1. The summed E-state index contributed by atoms with van der Waals surface area (Å²) < 4.78 is 5.93. The zero-order valence-corrected chi connectivity index (χ0v) is 8.31. The second-order valence-corrected chi connectivity index (χ2v) is 4.42. The summed E-state index contributed by atoms with van der Waals surface area (Å²) in [6.45, 7) is 0.941. The van der Waals surface area contributed by atoms with E-state index in [4.69, 9.17) is 15.3 Å². The Kier molecular flexibility index (Phi) is 1.60. The first kappa shape index (κ1) is 8.76. The molecule has 0 saturated carbocycles. The van der Waals surface area contributed by atoms with E-state index in [0.717, 1.165) is 25.8 Å². The van der Waals surface area contributed by atoms with Gasteiger partial charge in [0.1, 0.15) is 11.8 Å². The SMILES string of the molecule is N#CC1=CN2CCC[C@]23C[C@H](C#N)[C@H]1O3. The molecular weight excluding hydrogens is 190 g/mol. The van der Waals surface area contributed by atoms with E-state index in [-0.39, 0.29) is 17.7 Å². The first-order chi connectivity index (χ1) is 7.29. The molecule has 15 heavy (non-hydrogen) atoms. The molecule has 4 heteroatoms. The van der Waals surface area contributed by atoms with Crippen molar-refractivity contribution in [1.82, 2.24) is 4.90 Å². The van der Waals surface area contributed by atoms with Gasteiger partial charge in [-0.25, -0.2) is 0 Å². The van der Waals surface area contributed by atoms with E-state index in [1.807, 2.05) is 6.20 Å². The molecule has 0 aromatic rings. The monoisotopic (exact) mass is 201 g/mol. The highest BCUT2D eigenvalue weighted by Gasteiger charge is 2.55. The number of nitrogens with zero attached hydrogens (tertiary/aromatic N) is 3. The number of hydrogen-bond acceptors (Lipinski definition) is 4. The molecule has 2 bridgehead atoms. The van der Waals surface area contributed by atoms with Crippen LogP contribution in [0.25, 0.3) is 0 Å². The van der Waals surface area contributed by atoms with Crippen molar-refractivity contribution < 1.29 is 4.74 Å². The van der Waals surface area contributed by atoms with Crippen LogP contribution in [0, 0.1) is 28.6 Å². The van der Waals surface area contributed by atoms with Crippen LogP contribution in [0.2, 0.25) is 0 Å². The summed E-state index contributed by atoms with van der Waals surface area (Å²) in [7, 11) is 0. The fourth-order valence-corrected chi connectivity index (χ4v) is 2.95. The van der Waals surface area contributed by atoms with Crippen molar-refractivity contribution in [3.8, 4) is 12.1 Å². The molecule has 4 nitrogen and oxygen atoms in total. The summed E-state index contributed by atoms with van der Waals surface area (Å²) >= 11 is 0. The van der Waals surface area contributed by atoms with Gasteiger partial charge < -0.3 is 9.64 Å². The van der Waals surface area contributed by atoms with Crippen LogP contribution in [-0.4, -0.2) is 23.3 Å². The molecule has 0 aromatic carbocycles. The highest BCUT2D eigenvalue weighted by molar-refractivity contribution is 5.33. The lowest BCUT2D eigenvalue weighted by molar-refractivity contribution is -0.110. The van der Waals surface area contributed by atoms with Crippen LogP contribution in [-0.2, 0) is 4.74 Å². The zero-order chi connectivity index (χ0) is 10.5. The van der Waals surface area contributed by atoms with Gasteiger partial charge in [0, 0.05) is 19.2 Å². The largest absolute Gasteiger partial charge is 0.349 e. The van der Waals surface area contributed by atoms with Gasteiger partial charge in [-0.05, 0) is 12.8 Å². The third kappa shape index (κ3) is 0.976. The normalized spacial score (nSPS) is 41.7. The van der Waals surface area contributed by atoms with Crippen molar-refractivity contribution in [2.45, 2.75) is 31.1 Å². The molecule has 3 heterocycles. The van der Waals surface area contributed by atoms with E-state index in [1.165, 1.54) is 0 Å². The molecule has 0 aromatic heterocycles. The van der Waals surface area contributed by atoms with Gasteiger partial charge in [-0.2, -0.15) is 10.5 Å². The van der Waals surface area contributed by atoms with Crippen LogP contribution in [0.5, 0.6) is 0 Å². The third-order valence-electron chi connectivity index (χ3n) is 3.64. The van der Waals surface area contributed by atoms with E-state index in [2.05, 4.69) is 17.0 Å². The van der Waals surface area contributed by atoms with Gasteiger partial charge in [0.25, 0.3) is 0 Å². The lowest BCUT2D eigenvalue weighted by Crippen LogP contribution is -2.43. The molecule has 3 aliphatic rings. The summed E-state index contributed by atoms with van der Waals surface area (Å²) in [4.78, 5) is 2.11. The van der Waals surface area contributed by atoms with Gasteiger partial charge in [-0.3, -0.25) is 0 Å². The summed E-state index contributed by atoms with van der Waals surface area (Å²) in [6, 6.07) is 4.41. The highest BCUT2D eigenvalue weighted by atomic mass is 16.5. The summed E-state index contributed by atoms with van der Waals surface area (Å²) in [5.41, 5.74) is 0.349. The average molecular weight is 201 g/mol. The molecule has 3 atom stereocenters. The minimum absolute atomic E-state index is 0.154. The number of fused-ring (bicyclic) bond motifs is 1. The van der Waals surface area contributed by atoms with Crippen molar-refractivity contribution in [2.24, 2.45) is 5.92 Å². The molecule has 3 rings (SSSR count). The predicted octanol–water partition coefficient (Wildman–Crippen LogP) is 1.13. The molecule has 1 spiro atoms. The van der Waals surface area contributed by atoms with E-state index >= 15 is 0 Å².